The van der Waals surface area contributed by atoms with Crippen LogP contribution in [0.4, 0.5) is 5.69 Å². The summed E-state index contributed by atoms with van der Waals surface area (Å²) in [6.45, 7) is 5.01. The van der Waals surface area contributed by atoms with Gasteiger partial charge in [0, 0.05) is 23.8 Å². The van der Waals surface area contributed by atoms with Crippen molar-refractivity contribution in [3.05, 3.63) is 35.1 Å². The Morgan fingerprint density at radius 2 is 2.05 bits per heavy atom. The summed E-state index contributed by atoms with van der Waals surface area (Å²) in [6.07, 6.45) is 2.41. The third kappa shape index (κ3) is 2.92. The molecule has 0 amide bonds. The standard InChI is InChI=1S/C16H19ClN2O2S/c1-11(2)12-4-5-15(14-9-18-16(17)8-13(12)14)19-6-3-7-22(20,21)10-19/h4-5,8-9,11H,3,6-7,10H2,1-2H3. The molecule has 0 unspecified atom stereocenters. The van der Waals surface area contributed by atoms with Crippen LogP contribution in [0.5, 0.6) is 0 Å². The molecule has 0 bridgehead atoms. The number of benzene rings is 1. The first-order chi connectivity index (χ1) is 10.4. The van der Waals surface area contributed by atoms with Gasteiger partial charge in [-0.3, -0.25) is 0 Å². The number of anilines is 1. The van der Waals surface area contributed by atoms with E-state index in [2.05, 4.69) is 24.9 Å². The number of hydrogen-bond acceptors (Lipinski definition) is 4. The molecule has 1 saturated heterocycles. The Bertz CT molecular complexity index is 818. The predicted molar refractivity (Wildman–Crippen MR) is 91.5 cm³/mol. The molecule has 1 aliphatic rings. The highest BCUT2D eigenvalue weighted by molar-refractivity contribution is 7.91. The SMILES string of the molecule is CC(C)c1ccc(N2CCCS(=O)(=O)C2)c2cnc(Cl)cc12. The zero-order valence-corrected chi connectivity index (χ0v) is 14.3. The minimum Gasteiger partial charge on any atom is -0.357 e. The number of sulfone groups is 1. The van der Waals surface area contributed by atoms with E-state index in [-0.39, 0.29) is 11.6 Å². The third-order valence-electron chi connectivity index (χ3n) is 4.08. The maximum atomic E-state index is 11.9. The van der Waals surface area contributed by atoms with Crippen molar-refractivity contribution < 1.29 is 8.42 Å². The Hall–Kier alpha value is -1.33. The largest absolute Gasteiger partial charge is 0.357 e. The Morgan fingerprint density at radius 1 is 1.27 bits per heavy atom. The van der Waals surface area contributed by atoms with Crippen molar-refractivity contribution in [2.75, 3.05) is 23.1 Å². The van der Waals surface area contributed by atoms with Crippen LogP contribution in [-0.4, -0.2) is 31.6 Å². The predicted octanol–water partition coefficient (Wildman–Crippen LogP) is 3.59. The van der Waals surface area contributed by atoms with Gasteiger partial charge in [0.25, 0.3) is 0 Å². The number of nitrogens with zero attached hydrogens (tertiary/aromatic N) is 2. The Morgan fingerprint density at radius 3 is 2.73 bits per heavy atom. The monoisotopic (exact) mass is 338 g/mol. The summed E-state index contributed by atoms with van der Waals surface area (Å²) in [5.74, 6) is 0.710. The van der Waals surface area contributed by atoms with E-state index in [1.54, 1.807) is 6.20 Å². The van der Waals surface area contributed by atoms with Gasteiger partial charge in [0.2, 0.25) is 0 Å². The van der Waals surface area contributed by atoms with Gasteiger partial charge in [-0.05, 0) is 35.4 Å². The smallest absolute Gasteiger partial charge is 0.168 e. The molecule has 0 spiro atoms. The third-order valence-corrected chi connectivity index (χ3v) is 5.90. The highest BCUT2D eigenvalue weighted by atomic mass is 35.5. The lowest BCUT2D eigenvalue weighted by Crippen LogP contribution is -2.38. The quantitative estimate of drug-likeness (QED) is 0.785. The topological polar surface area (TPSA) is 50.3 Å². The summed E-state index contributed by atoms with van der Waals surface area (Å²) in [4.78, 5) is 6.12. The van der Waals surface area contributed by atoms with E-state index in [0.29, 0.717) is 17.5 Å². The molecule has 1 aromatic carbocycles. The number of hydrogen-bond donors (Lipinski definition) is 0. The number of fused-ring (bicyclic) bond motifs is 1. The molecule has 0 aliphatic carbocycles. The summed E-state index contributed by atoms with van der Waals surface area (Å²) in [5, 5.41) is 2.47. The van der Waals surface area contributed by atoms with E-state index >= 15 is 0 Å². The second-order valence-electron chi connectivity index (χ2n) is 6.08. The second kappa shape index (κ2) is 5.70. The van der Waals surface area contributed by atoms with Crippen LogP contribution in [-0.2, 0) is 9.84 Å². The highest BCUT2D eigenvalue weighted by Crippen LogP contribution is 2.34. The fraction of sp³-hybridized carbons (Fsp3) is 0.438. The van der Waals surface area contributed by atoms with Gasteiger partial charge in [0.1, 0.15) is 11.0 Å². The average Bonchev–Trinajstić information content (AvgIpc) is 2.44. The molecule has 0 radical (unpaired) electrons. The van der Waals surface area contributed by atoms with E-state index in [1.807, 2.05) is 17.0 Å². The lowest BCUT2D eigenvalue weighted by molar-refractivity contribution is 0.582. The van der Waals surface area contributed by atoms with E-state index in [1.165, 1.54) is 5.56 Å². The van der Waals surface area contributed by atoms with E-state index in [4.69, 9.17) is 11.6 Å². The van der Waals surface area contributed by atoms with Gasteiger partial charge in [-0.1, -0.05) is 31.5 Å². The molecule has 1 aliphatic heterocycles. The van der Waals surface area contributed by atoms with Crippen LogP contribution in [0.1, 0.15) is 31.7 Å². The zero-order valence-electron chi connectivity index (χ0n) is 12.7. The zero-order chi connectivity index (χ0) is 15.9. The number of aromatic nitrogens is 1. The fourth-order valence-corrected chi connectivity index (χ4v) is 4.63. The summed E-state index contributed by atoms with van der Waals surface area (Å²) in [6, 6.07) is 5.95. The van der Waals surface area contributed by atoms with Crippen molar-refractivity contribution in [2.24, 2.45) is 0 Å². The van der Waals surface area contributed by atoms with Gasteiger partial charge in [-0.25, -0.2) is 13.4 Å². The summed E-state index contributed by atoms with van der Waals surface area (Å²) < 4.78 is 23.8. The molecule has 1 aromatic heterocycles. The van der Waals surface area contributed by atoms with Crippen molar-refractivity contribution >= 4 is 37.9 Å². The molecular weight excluding hydrogens is 320 g/mol. The van der Waals surface area contributed by atoms with Crippen LogP contribution in [0.15, 0.2) is 24.4 Å². The Kier molecular flexibility index (Phi) is 4.03. The van der Waals surface area contributed by atoms with Crippen LogP contribution >= 0.6 is 11.6 Å². The molecule has 118 valence electrons. The lowest BCUT2D eigenvalue weighted by Gasteiger charge is -2.30. The minimum atomic E-state index is -3.00. The number of halogens is 1. The summed E-state index contributed by atoms with van der Waals surface area (Å²) >= 11 is 6.06. The molecule has 3 rings (SSSR count). The number of pyridine rings is 1. The van der Waals surface area contributed by atoms with Gasteiger partial charge in [-0.2, -0.15) is 0 Å². The molecule has 0 saturated carbocycles. The van der Waals surface area contributed by atoms with Gasteiger partial charge in [0.05, 0.1) is 5.75 Å². The lowest BCUT2D eigenvalue weighted by atomic mass is 9.96. The maximum absolute atomic E-state index is 11.9. The molecule has 0 N–H and O–H groups in total. The van der Waals surface area contributed by atoms with Crippen LogP contribution < -0.4 is 4.90 Å². The van der Waals surface area contributed by atoms with Crippen molar-refractivity contribution in [3.63, 3.8) is 0 Å². The fourth-order valence-electron chi connectivity index (χ4n) is 3.03. The van der Waals surface area contributed by atoms with Gasteiger partial charge >= 0.3 is 0 Å². The first-order valence-electron chi connectivity index (χ1n) is 7.41. The minimum absolute atomic E-state index is 0.0752. The van der Waals surface area contributed by atoms with Gasteiger partial charge in [-0.15, -0.1) is 0 Å². The molecule has 2 heterocycles. The molecule has 22 heavy (non-hydrogen) atoms. The van der Waals surface area contributed by atoms with Gasteiger partial charge < -0.3 is 4.90 Å². The Labute approximate surface area is 136 Å². The average molecular weight is 339 g/mol. The summed E-state index contributed by atoms with van der Waals surface area (Å²) in [5.41, 5.74) is 2.12. The van der Waals surface area contributed by atoms with E-state index in [0.717, 1.165) is 23.0 Å². The van der Waals surface area contributed by atoms with Gasteiger partial charge in [0.15, 0.2) is 9.84 Å². The maximum Gasteiger partial charge on any atom is 0.168 e. The molecule has 6 heteroatoms. The molecule has 4 nitrogen and oxygen atoms in total. The van der Waals surface area contributed by atoms with Crippen molar-refractivity contribution in [1.29, 1.82) is 0 Å². The Balaban J connectivity index is 2.17. The number of rotatable bonds is 2. The van der Waals surface area contributed by atoms with Crippen LogP contribution in [0.3, 0.4) is 0 Å². The first kappa shape index (κ1) is 15.6. The second-order valence-corrected chi connectivity index (χ2v) is 8.62. The van der Waals surface area contributed by atoms with Crippen molar-refractivity contribution in [3.8, 4) is 0 Å². The van der Waals surface area contributed by atoms with Crippen LogP contribution in [0.25, 0.3) is 10.8 Å². The van der Waals surface area contributed by atoms with Crippen LogP contribution in [0.2, 0.25) is 5.15 Å². The first-order valence-corrected chi connectivity index (χ1v) is 9.61. The molecule has 0 atom stereocenters. The van der Waals surface area contributed by atoms with Crippen molar-refractivity contribution in [1.82, 2.24) is 4.98 Å². The van der Waals surface area contributed by atoms with E-state index < -0.39 is 9.84 Å². The van der Waals surface area contributed by atoms with Crippen molar-refractivity contribution in [2.45, 2.75) is 26.2 Å². The molecule has 2 aromatic rings. The summed E-state index contributed by atoms with van der Waals surface area (Å²) in [7, 11) is -3.00. The highest BCUT2D eigenvalue weighted by Gasteiger charge is 2.24. The normalized spacial score (nSPS) is 18.1. The van der Waals surface area contributed by atoms with Crippen LogP contribution in [0, 0.1) is 0 Å². The van der Waals surface area contributed by atoms with E-state index in [9.17, 15) is 8.42 Å². The molecular formula is C16H19ClN2O2S. The molecule has 1 fully saturated rings.